The summed E-state index contributed by atoms with van der Waals surface area (Å²) < 4.78 is 0. The molecule has 19 heavy (non-hydrogen) atoms. The van der Waals surface area contributed by atoms with E-state index < -0.39 is 0 Å². The summed E-state index contributed by atoms with van der Waals surface area (Å²) in [5.41, 5.74) is -0.157. The van der Waals surface area contributed by atoms with E-state index >= 15 is 0 Å². The Labute approximate surface area is 115 Å². The van der Waals surface area contributed by atoms with Crippen molar-refractivity contribution in [2.45, 2.75) is 59.8 Å². The van der Waals surface area contributed by atoms with Gasteiger partial charge in [0.1, 0.15) is 5.78 Å². The molecule has 1 unspecified atom stereocenters. The maximum Gasteiger partial charge on any atom is 0.233 e. The Bertz CT molecular complexity index is 368. The molecule has 0 aliphatic carbocycles. The van der Waals surface area contributed by atoms with Crippen molar-refractivity contribution >= 4 is 17.6 Å². The summed E-state index contributed by atoms with van der Waals surface area (Å²) in [7, 11) is 0. The predicted octanol–water partition coefficient (Wildman–Crippen LogP) is 2.56. The number of rotatable bonds is 6. The molecule has 2 amide bonds. The largest absolute Gasteiger partial charge is 0.300 e. The Kier molecular flexibility index (Phi) is 5.27. The van der Waals surface area contributed by atoms with Gasteiger partial charge in [0, 0.05) is 19.4 Å². The molecule has 0 aromatic heterocycles. The highest BCUT2D eigenvalue weighted by atomic mass is 16.2. The maximum atomic E-state index is 12.2. The van der Waals surface area contributed by atoms with E-state index in [1.54, 1.807) is 6.92 Å². The van der Waals surface area contributed by atoms with Gasteiger partial charge in [0.15, 0.2) is 0 Å². The zero-order chi connectivity index (χ0) is 14.6. The van der Waals surface area contributed by atoms with Gasteiger partial charge in [0.25, 0.3) is 0 Å². The van der Waals surface area contributed by atoms with E-state index in [-0.39, 0.29) is 28.9 Å². The second kappa shape index (κ2) is 6.31. The maximum absolute atomic E-state index is 12.2. The van der Waals surface area contributed by atoms with Crippen LogP contribution in [-0.4, -0.2) is 29.0 Å². The Morgan fingerprint density at radius 2 is 1.84 bits per heavy atom. The third-order valence-corrected chi connectivity index (χ3v) is 3.70. The molecule has 1 saturated heterocycles. The van der Waals surface area contributed by atoms with E-state index in [1.807, 2.05) is 20.8 Å². The number of carbonyl (C=O) groups excluding carboxylic acids is 3. The van der Waals surface area contributed by atoms with Crippen molar-refractivity contribution in [1.82, 2.24) is 4.90 Å². The summed E-state index contributed by atoms with van der Waals surface area (Å²) in [6, 6.07) is 0. The number of likely N-dealkylation sites (tertiary alicyclic amines) is 1. The summed E-state index contributed by atoms with van der Waals surface area (Å²) in [5.74, 6) is -0.0566. The second-order valence-electron chi connectivity index (χ2n) is 6.52. The Balaban J connectivity index is 2.40. The van der Waals surface area contributed by atoms with Crippen LogP contribution in [0.25, 0.3) is 0 Å². The molecular weight excluding hydrogens is 242 g/mol. The summed E-state index contributed by atoms with van der Waals surface area (Å²) in [6.45, 7) is 8.08. The lowest BCUT2D eigenvalue weighted by molar-refractivity contribution is -0.140. The summed E-state index contributed by atoms with van der Waals surface area (Å²) in [4.78, 5) is 36.3. The van der Waals surface area contributed by atoms with Crippen LogP contribution in [0.4, 0.5) is 0 Å². The van der Waals surface area contributed by atoms with Crippen molar-refractivity contribution in [1.29, 1.82) is 0 Å². The van der Waals surface area contributed by atoms with E-state index in [1.165, 1.54) is 4.90 Å². The first kappa shape index (κ1) is 15.9. The Hall–Kier alpha value is -1.19. The number of hydrogen-bond donors (Lipinski definition) is 0. The van der Waals surface area contributed by atoms with Gasteiger partial charge in [-0.2, -0.15) is 0 Å². The summed E-state index contributed by atoms with van der Waals surface area (Å²) in [5, 5.41) is 0. The van der Waals surface area contributed by atoms with Gasteiger partial charge in [-0.1, -0.05) is 27.2 Å². The molecule has 1 heterocycles. The van der Waals surface area contributed by atoms with Crippen LogP contribution in [0.5, 0.6) is 0 Å². The summed E-state index contributed by atoms with van der Waals surface area (Å²) in [6.07, 6.45) is 3.45. The molecule has 108 valence electrons. The molecule has 1 aliphatic rings. The van der Waals surface area contributed by atoms with Crippen molar-refractivity contribution in [3.63, 3.8) is 0 Å². The molecular formula is C15H25NO3. The highest BCUT2D eigenvalue weighted by Crippen LogP contribution is 2.35. The van der Waals surface area contributed by atoms with Gasteiger partial charge in [0.05, 0.1) is 5.92 Å². The standard InChI is InChI=1S/C15H25NO3/c1-11(17)8-6-5-7-9-16-13(18)10-12(14(16)19)15(2,3)4/h12H,5-10H2,1-4H3. The normalized spacial score (nSPS) is 20.2. The Morgan fingerprint density at radius 1 is 1.21 bits per heavy atom. The van der Waals surface area contributed by atoms with Crippen LogP contribution >= 0.6 is 0 Å². The number of ketones is 1. The van der Waals surface area contributed by atoms with Crippen LogP contribution in [0.2, 0.25) is 0 Å². The zero-order valence-corrected chi connectivity index (χ0v) is 12.5. The first-order valence-electron chi connectivity index (χ1n) is 7.07. The van der Waals surface area contributed by atoms with E-state index in [0.717, 1.165) is 19.3 Å². The van der Waals surface area contributed by atoms with Crippen LogP contribution in [0.3, 0.4) is 0 Å². The Morgan fingerprint density at radius 3 is 2.32 bits per heavy atom. The van der Waals surface area contributed by atoms with Crippen LogP contribution in [-0.2, 0) is 14.4 Å². The van der Waals surface area contributed by atoms with Crippen LogP contribution in [0.1, 0.15) is 59.8 Å². The van der Waals surface area contributed by atoms with Gasteiger partial charge in [0.2, 0.25) is 11.8 Å². The molecule has 1 fully saturated rings. The first-order valence-corrected chi connectivity index (χ1v) is 7.07. The number of hydrogen-bond acceptors (Lipinski definition) is 3. The lowest BCUT2D eigenvalue weighted by Gasteiger charge is -2.24. The molecule has 0 spiro atoms. The van der Waals surface area contributed by atoms with Crippen molar-refractivity contribution in [2.75, 3.05) is 6.54 Å². The molecule has 0 saturated carbocycles. The minimum Gasteiger partial charge on any atom is -0.300 e. The summed E-state index contributed by atoms with van der Waals surface area (Å²) >= 11 is 0. The fraction of sp³-hybridized carbons (Fsp3) is 0.800. The molecule has 1 aliphatic heterocycles. The van der Waals surface area contributed by atoms with Gasteiger partial charge in [-0.05, 0) is 25.2 Å². The number of unbranched alkanes of at least 4 members (excludes halogenated alkanes) is 2. The highest BCUT2D eigenvalue weighted by molar-refractivity contribution is 6.03. The third-order valence-electron chi connectivity index (χ3n) is 3.70. The van der Waals surface area contributed by atoms with Crippen molar-refractivity contribution in [3.8, 4) is 0 Å². The van der Waals surface area contributed by atoms with E-state index in [0.29, 0.717) is 19.4 Å². The fourth-order valence-electron chi connectivity index (χ4n) is 2.42. The third kappa shape index (κ3) is 4.44. The average molecular weight is 267 g/mol. The minimum atomic E-state index is -0.183. The number of imide groups is 1. The van der Waals surface area contributed by atoms with E-state index in [4.69, 9.17) is 0 Å². The lowest BCUT2D eigenvalue weighted by Crippen LogP contribution is -2.34. The number of Topliss-reactive ketones (excluding diaryl/α,β-unsaturated/α-hetero) is 1. The number of carbonyl (C=O) groups is 3. The van der Waals surface area contributed by atoms with Gasteiger partial charge < -0.3 is 4.79 Å². The molecule has 0 radical (unpaired) electrons. The second-order valence-corrected chi connectivity index (χ2v) is 6.52. The number of amides is 2. The molecule has 4 heteroatoms. The van der Waals surface area contributed by atoms with Gasteiger partial charge >= 0.3 is 0 Å². The van der Waals surface area contributed by atoms with E-state index in [2.05, 4.69) is 0 Å². The van der Waals surface area contributed by atoms with Crippen molar-refractivity contribution in [2.24, 2.45) is 11.3 Å². The molecule has 0 aromatic rings. The fourth-order valence-corrected chi connectivity index (χ4v) is 2.42. The molecule has 0 bridgehead atoms. The highest BCUT2D eigenvalue weighted by Gasteiger charge is 2.44. The smallest absolute Gasteiger partial charge is 0.233 e. The van der Waals surface area contributed by atoms with Crippen LogP contribution < -0.4 is 0 Å². The van der Waals surface area contributed by atoms with Gasteiger partial charge in [-0.15, -0.1) is 0 Å². The molecule has 0 N–H and O–H groups in total. The van der Waals surface area contributed by atoms with E-state index in [9.17, 15) is 14.4 Å². The van der Waals surface area contributed by atoms with Crippen LogP contribution in [0, 0.1) is 11.3 Å². The van der Waals surface area contributed by atoms with Gasteiger partial charge in [-0.3, -0.25) is 14.5 Å². The van der Waals surface area contributed by atoms with Crippen molar-refractivity contribution < 1.29 is 14.4 Å². The zero-order valence-electron chi connectivity index (χ0n) is 12.5. The minimum absolute atomic E-state index is 0.0240. The molecule has 0 aromatic carbocycles. The average Bonchev–Trinajstić information content (AvgIpc) is 2.55. The predicted molar refractivity (Wildman–Crippen MR) is 73.4 cm³/mol. The molecule has 4 nitrogen and oxygen atoms in total. The quantitative estimate of drug-likeness (QED) is 0.549. The SMILES string of the molecule is CC(=O)CCCCCN1C(=O)CC(C(C)(C)C)C1=O. The monoisotopic (exact) mass is 267 g/mol. The topological polar surface area (TPSA) is 54.5 Å². The number of nitrogens with zero attached hydrogens (tertiary/aromatic N) is 1. The van der Waals surface area contributed by atoms with Gasteiger partial charge in [-0.25, -0.2) is 0 Å². The van der Waals surface area contributed by atoms with Crippen LogP contribution in [0.15, 0.2) is 0 Å². The first-order chi connectivity index (χ1) is 8.73. The lowest BCUT2D eigenvalue weighted by atomic mass is 9.80. The van der Waals surface area contributed by atoms with Crippen molar-refractivity contribution in [3.05, 3.63) is 0 Å². The molecule has 1 atom stereocenters. The molecule has 1 rings (SSSR count).